The summed E-state index contributed by atoms with van der Waals surface area (Å²) in [5.74, 6) is -1.16. The first-order valence-electron chi connectivity index (χ1n) is 12.4. The van der Waals surface area contributed by atoms with Crippen molar-refractivity contribution in [2.75, 3.05) is 17.2 Å². The lowest BCUT2D eigenvalue weighted by molar-refractivity contribution is -0.137. The van der Waals surface area contributed by atoms with E-state index in [1.54, 1.807) is 24.3 Å². The van der Waals surface area contributed by atoms with Crippen molar-refractivity contribution < 1.29 is 41.1 Å². The highest BCUT2D eigenvalue weighted by atomic mass is 32.2. The van der Waals surface area contributed by atoms with Crippen molar-refractivity contribution in [3.63, 3.8) is 0 Å². The smallest absolute Gasteiger partial charge is 0.420 e. The zero-order valence-corrected chi connectivity index (χ0v) is 22.0. The van der Waals surface area contributed by atoms with Gasteiger partial charge in [0, 0.05) is 6.04 Å². The number of carbonyl (C=O) groups is 3. The van der Waals surface area contributed by atoms with Gasteiger partial charge in [-0.25, -0.2) is 18.0 Å². The Morgan fingerprint density at radius 2 is 1.62 bits per heavy atom. The number of sulfone groups is 1. The summed E-state index contributed by atoms with van der Waals surface area (Å²) >= 11 is 0. The molecule has 2 aromatic rings. The summed E-state index contributed by atoms with van der Waals surface area (Å²) < 4.78 is 64.4. The highest BCUT2D eigenvalue weighted by molar-refractivity contribution is 7.91. The van der Waals surface area contributed by atoms with E-state index in [9.17, 15) is 41.1 Å². The topological polar surface area (TPSA) is 133 Å². The molecule has 3 rings (SSSR count). The van der Waals surface area contributed by atoms with Crippen molar-refractivity contribution in [3.8, 4) is 0 Å². The number of imide groups is 1. The zero-order valence-electron chi connectivity index (χ0n) is 21.2. The monoisotopic (exact) mass is 569 g/mol. The molecule has 2 atom stereocenters. The fourth-order valence-corrected chi connectivity index (χ4v) is 6.22. The van der Waals surface area contributed by atoms with Gasteiger partial charge in [-0.3, -0.25) is 4.79 Å². The minimum Gasteiger partial charge on any atom is -0.464 e. The van der Waals surface area contributed by atoms with E-state index in [2.05, 4.69) is 10.6 Å². The second kappa shape index (κ2) is 12.5. The molecule has 3 N–H and O–H groups in total. The fraction of sp³-hybridized carbons (Fsp3) is 0.423. The third-order valence-electron chi connectivity index (χ3n) is 6.63. The number of alkyl halides is 3. The van der Waals surface area contributed by atoms with Gasteiger partial charge in [0.2, 0.25) is 5.91 Å². The maximum Gasteiger partial charge on any atom is 0.420 e. The first kappa shape index (κ1) is 29.9. The van der Waals surface area contributed by atoms with Crippen LogP contribution in [0.15, 0.2) is 53.4 Å². The van der Waals surface area contributed by atoms with Crippen LogP contribution in [-0.2, 0) is 27.2 Å². The Morgan fingerprint density at radius 3 is 2.18 bits per heavy atom. The Morgan fingerprint density at radius 1 is 1.00 bits per heavy atom. The lowest BCUT2D eigenvalue weighted by Gasteiger charge is -2.32. The van der Waals surface area contributed by atoms with Crippen LogP contribution in [0.4, 0.5) is 28.4 Å². The van der Waals surface area contributed by atoms with E-state index in [1.165, 1.54) is 0 Å². The van der Waals surface area contributed by atoms with Crippen LogP contribution in [0, 0.1) is 5.92 Å². The third kappa shape index (κ3) is 7.94. The summed E-state index contributed by atoms with van der Waals surface area (Å²) in [6.07, 6.45) is -2.90. The van der Waals surface area contributed by atoms with E-state index >= 15 is 0 Å². The van der Waals surface area contributed by atoms with Crippen LogP contribution in [0.5, 0.6) is 0 Å². The maximum absolute atomic E-state index is 13.0. The predicted octanol–water partition coefficient (Wildman–Crippen LogP) is 4.61. The molecule has 0 spiro atoms. The Hall–Kier alpha value is -3.61. The first-order valence-corrected chi connectivity index (χ1v) is 14.1. The molecule has 1 aliphatic carbocycles. The number of amides is 4. The van der Waals surface area contributed by atoms with Gasteiger partial charge < -0.3 is 15.7 Å². The Balaban J connectivity index is 1.61. The van der Waals surface area contributed by atoms with E-state index in [0.717, 1.165) is 37.0 Å². The molecule has 39 heavy (non-hydrogen) atoms. The molecule has 0 aliphatic heterocycles. The van der Waals surface area contributed by atoms with Gasteiger partial charge in [0.15, 0.2) is 9.84 Å². The summed E-state index contributed by atoms with van der Waals surface area (Å²) in [4.78, 5) is 37.1. The number of benzene rings is 2. The van der Waals surface area contributed by atoms with Gasteiger partial charge in [-0.05, 0) is 67.1 Å². The molecule has 212 valence electrons. The lowest BCUT2D eigenvalue weighted by Crippen LogP contribution is -2.50. The van der Waals surface area contributed by atoms with Crippen LogP contribution in [0.2, 0.25) is 0 Å². The second-order valence-corrected chi connectivity index (χ2v) is 11.4. The molecule has 2 aromatic carbocycles. The molecule has 1 fully saturated rings. The molecule has 4 amide bonds. The molecule has 0 heterocycles. The molecular weight excluding hydrogens is 539 g/mol. The number of aryl methyl sites for hydroxylation is 1. The SMILES string of the molecule is CCc1ccc(S(=O)(=O)C[C@@H]2CCCC[C@@H]2NC(=O)CNC(=O)N(C(=O)O)c2ccc(C(F)(F)F)cc2)cc1. The van der Waals surface area contributed by atoms with Crippen LogP contribution in [0.1, 0.15) is 43.7 Å². The van der Waals surface area contributed by atoms with Crippen LogP contribution in [-0.4, -0.2) is 49.9 Å². The standard InChI is InChI=1S/C26H30F3N3O6S/c1-2-17-7-13-21(14-8-17)39(37,38)16-18-5-3-4-6-22(18)31-23(33)15-30-24(34)32(25(35)36)20-11-9-19(10-12-20)26(27,28)29/h7-14,18,22H,2-6,15-16H2,1H3,(H,30,34)(H,31,33)(H,35,36)/t18-,22-/m0/s1. The Kier molecular flexibility index (Phi) is 9.59. The fourth-order valence-electron chi connectivity index (χ4n) is 4.51. The number of rotatable bonds is 8. The summed E-state index contributed by atoms with van der Waals surface area (Å²) in [6.45, 7) is 1.35. The number of nitrogens with one attached hydrogen (secondary N) is 2. The van der Waals surface area contributed by atoms with Crippen molar-refractivity contribution in [2.24, 2.45) is 5.92 Å². The van der Waals surface area contributed by atoms with Gasteiger partial charge in [0.1, 0.15) is 0 Å². The number of hydrogen-bond donors (Lipinski definition) is 3. The van der Waals surface area contributed by atoms with Gasteiger partial charge in [0.05, 0.1) is 28.4 Å². The molecule has 0 aromatic heterocycles. The quantitative estimate of drug-likeness (QED) is 0.425. The highest BCUT2D eigenvalue weighted by Crippen LogP contribution is 2.31. The second-order valence-electron chi connectivity index (χ2n) is 9.32. The molecule has 0 bridgehead atoms. The van der Waals surface area contributed by atoms with Crippen LogP contribution in [0.3, 0.4) is 0 Å². The summed E-state index contributed by atoms with van der Waals surface area (Å²) in [7, 11) is -3.61. The lowest BCUT2D eigenvalue weighted by atomic mass is 9.86. The Bertz CT molecular complexity index is 1280. The van der Waals surface area contributed by atoms with Gasteiger partial charge in [-0.2, -0.15) is 18.1 Å². The van der Waals surface area contributed by atoms with E-state index in [0.29, 0.717) is 25.0 Å². The number of halogens is 3. The minimum atomic E-state index is -4.64. The molecule has 13 heteroatoms. The normalized spacial score (nSPS) is 17.7. The molecule has 0 unspecified atom stereocenters. The number of carbonyl (C=O) groups excluding carboxylic acids is 2. The van der Waals surface area contributed by atoms with E-state index < -0.39 is 52.2 Å². The molecule has 1 aliphatic rings. The Labute approximate surface area is 224 Å². The van der Waals surface area contributed by atoms with Crippen molar-refractivity contribution >= 4 is 33.6 Å². The molecule has 0 radical (unpaired) electrons. The number of hydrogen-bond acceptors (Lipinski definition) is 5. The molecule has 9 nitrogen and oxygen atoms in total. The predicted molar refractivity (Wildman–Crippen MR) is 137 cm³/mol. The van der Waals surface area contributed by atoms with Crippen molar-refractivity contribution in [3.05, 3.63) is 59.7 Å². The number of urea groups is 1. The zero-order chi connectivity index (χ0) is 28.8. The van der Waals surface area contributed by atoms with Crippen LogP contribution < -0.4 is 15.5 Å². The number of anilines is 1. The molecule has 0 saturated heterocycles. The molecular formula is C26H30F3N3O6S. The van der Waals surface area contributed by atoms with Crippen LogP contribution >= 0.6 is 0 Å². The molecule has 1 saturated carbocycles. The van der Waals surface area contributed by atoms with Gasteiger partial charge in [-0.15, -0.1) is 0 Å². The van der Waals surface area contributed by atoms with Crippen molar-refractivity contribution in [1.82, 2.24) is 10.6 Å². The van der Waals surface area contributed by atoms with Crippen molar-refractivity contribution in [1.29, 1.82) is 0 Å². The average molecular weight is 570 g/mol. The highest BCUT2D eigenvalue weighted by Gasteiger charge is 2.33. The van der Waals surface area contributed by atoms with Gasteiger partial charge in [-0.1, -0.05) is 31.9 Å². The minimum absolute atomic E-state index is 0.156. The van der Waals surface area contributed by atoms with Gasteiger partial charge in [0.25, 0.3) is 0 Å². The van der Waals surface area contributed by atoms with Gasteiger partial charge >= 0.3 is 18.3 Å². The van der Waals surface area contributed by atoms with E-state index in [1.807, 2.05) is 6.92 Å². The van der Waals surface area contributed by atoms with E-state index in [-0.39, 0.29) is 27.2 Å². The van der Waals surface area contributed by atoms with Crippen LogP contribution in [0.25, 0.3) is 0 Å². The summed E-state index contributed by atoms with van der Waals surface area (Å²) in [5.41, 5.74) is -0.338. The number of nitrogens with zero attached hydrogens (tertiary/aromatic N) is 1. The first-order chi connectivity index (χ1) is 18.3. The average Bonchev–Trinajstić information content (AvgIpc) is 2.88. The summed E-state index contributed by atoms with van der Waals surface area (Å²) in [5, 5.41) is 14.3. The van der Waals surface area contributed by atoms with Crippen molar-refractivity contribution in [2.45, 2.75) is 56.1 Å². The van der Waals surface area contributed by atoms with E-state index in [4.69, 9.17) is 0 Å². The number of carboxylic acid groups (broad SMARTS) is 1. The summed E-state index contributed by atoms with van der Waals surface area (Å²) in [6, 6.07) is 7.94. The maximum atomic E-state index is 13.0. The third-order valence-corrected chi connectivity index (χ3v) is 8.48. The largest absolute Gasteiger partial charge is 0.464 e.